The summed E-state index contributed by atoms with van der Waals surface area (Å²) in [5, 5.41) is 8.25. The van der Waals surface area contributed by atoms with Gasteiger partial charge in [0.1, 0.15) is 0 Å². The Labute approximate surface area is 157 Å². The summed E-state index contributed by atoms with van der Waals surface area (Å²) >= 11 is 0. The van der Waals surface area contributed by atoms with E-state index >= 15 is 0 Å². The second-order valence-electron chi connectivity index (χ2n) is 6.59. The van der Waals surface area contributed by atoms with Crippen LogP contribution in [0.5, 0.6) is 0 Å². The third-order valence-electron chi connectivity index (χ3n) is 4.53. The van der Waals surface area contributed by atoms with Gasteiger partial charge in [0.2, 0.25) is 5.91 Å². The van der Waals surface area contributed by atoms with Crippen molar-refractivity contribution in [2.75, 3.05) is 11.9 Å². The maximum atomic E-state index is 12.2. The smallest absolute Gasteiger partial charge is 0.291 e. The van der Waals surface area contributed by atoms with Gasteiger partial charge in [-0.05, 0) is 49.2 Å². The number of anilines is 1. The first kappa shape index (κ1) is 18.7. The van der Waals surface area contributed by atoms with Crippen LogP contribution >= 0.6 is 0 Å². The zero-order valence-corrected chi connectivity index (χ0v) is 15.0. The van der Waals surface area contributed by atoms with Crippen LogP contribution in [-0.4, -0.2) is 30.3 Å². The molecule has 3 N–H and O–H groups in total. The molecule has 0 unspecified atom stereocenters. The van der Waals surface area contributed by atoms with Crippen molar-refractivity contribution < 1.29 is 18.8 Å². The lowest BCUT2D eigenvalue weighted by Gasteiger charge is -2.22. The normalized spacial score (nSPS) is 14.4. The van der Waals surface area contributed by atoms with Crippen LogP contribution in [0.1, 0.15) is 53.0 Å². The molecule has 1 aromatic carbocycles. The summed E-state index contributed by atoms with van der Waals surface area (Å²) in [5.41, 5.74) is 0.958. The third kappa shape index (κ3) is 5.44. The summed E-state index contributed by atoms with van der Waals surface area (Å²) in [6.45, 7) is -0.0493. The monoisotopic (exact) mass is 369 g/mol. The lowest BCUT2D eigenvalue weighted by atomic mass is 9.95. The number of carbonyl (C=O) groups is 3. The Morgan fingerprint density at radius 3 is 2.37 bits per heavy atom. The standard InChI is InChI=1S/C20H23N3O4/c24-18(22-15-5-2-1-3-6-15)13-21-19(25)14-8-10-16(11-9-14)23-20(26)17-7-4-12-27-17/h4,7-12,15H,1-3,5-6,13H2,(H,21,25)(H,22,24)(H,23,26). The minimum absolute atomic E-state index is 0.0493. The first-order valence-electron chi connectivity index (χ1n) is 9.14. The molecule has 1 fully saturated rings. The number of hydrogen-bond acceptors (Lipinski definition) is 4. The van der Waals surface area contributed by atoms with Crippen LogP contribution in [0.25, 0.3) is 0 Å². The summed E-state index contributed by atoms with van der Waals surface area (Å²) < 4.78 is 5.02. The van der Waals surface area contributed by atoms with Crippen molar-refractivity contribution in [3.05, 3.63) is 54.0 Å². The summed E-state index contributed by atoms with van der Waals surface area (Å²) in [4.78, 5) is 36.0. The molecule has 1 aromatic heterocycles. The predicted molar refractivity (Wildman–Crippen MR) is 100 cm³/mol. The van der Waals surface area contributed by atoms with E-state index in [4.69, 9.17) is 4.42 Å². The first-order chi connectivity index (χ1) is 13.1. The van der Waals surface area contributed by atoms with E-state index in [9.17, 15) is 14.4 Å². The number of carbonyl (C=O) groups excluding carboxylic acids is 3. The van der Waals surface area contributed by atoms with Gasteiger partial charge in [-0.3, -0.25) is 14.4 Å². The largest absolute Gasteiger partial charge is 0.459 e. The summed E-state index contributed by atoms with van der Waals surface area (Å²) in [7, 11) is 0. The molecule has 142 valence electrons. The quantitative estimate of drug-likeness (QED) is 0.729. The molecule has 3 amide bonds. The molecule has 1 aliphatic rings. The Morgan fingerprint density at radius 2 is 1.70 bits per heavy atom. The topological polar surface area (TPSA) is 100 Å². The van der Waals surface area contributed by atoms with E-state index in [2.05, 4.69) is 16.0 Å². The van der Waals surface area contributed by atoms with Crippen molar-refractivity contribution in [2.24, 2.45) is 0 Å². The Bertz CT molecular complexity index is 778. The van der Waals surface area contributed by atoms with Crippen molar-refractivity contribution in [3.8, 4) is 0 Å². The molecule has 2 aromatic rings. The van der Waals surface area contributed by atoms with E-state index in [-0.39, 0.29) is 36.1 Å². The third-order valence-corrected chi connectivity index (χ3v) is 4.53. The van der Waals surface area contributed by atoms with Gasteiger partial charge in [0.25, 0.3) is 11.8 Å². The highest BCUT2D eigenvalue weighted by Crippen LogP contribution is 2.17. The van der Waals surface area contributed by atoms with Gasteiger partial charge < -0.3 is 20.4 Å². The Balaban J connectivity index is 1.45. The van der Waals surface area contributed by atoms with Crippen LogP contribution in [-0.2, 0) is 4.79 Å². The fraction of sp³-hybridized carbons (Fsp3) is 0.350. The summed E-state index contributed by atoms with van der Waals surface area (Å²) in [5.74, 6) is -0.660. The molecule has 0 bridgehead atoms. The second kappa shape index (κ2) is 9.02. The van der Waals surface area contributed by atoms with E-state index in [0.717, 1.165) is 25.7 Å². The fourth-order valence-corrected chi connectivity index (χ4v) is 3.09. The molecule has 0 saturated heterocycles. The molecular weight excluding hydrogens is 346 g/mol. The number of hydrogen-bond donors (Lipinski definition) is 3. The Kier molecular flexibility index (Phi) is 6.25. The van der Waals surface area contributed by atoms with E-state index in [1.54, 1.807) is 36.4 Å². The van der Waals surface area contributed by atoms with Crippen molar-refractivity contribution >= 4 is 23.4 Å². The lowest BCUT2D eigenvalue weighted by molar-refractivity contribution is -0.121. The minimum atomic E-state index is -0.364. The lowest BCUT2D eigenvalue weighted by Crippen LogP contribution is -2.42. The van der Waals surface area contributed by atoms with E-state index < -0.39 is 0 Å². The maximum Gasteiger partial charge on any atom is 0.291 e. The molecular formula is C20H23N3O4. The highest BCUT2D eigenvalue weighted by molar-refractivity contribution is 6.02. The van der Waals surface area contributed by atoms with Crippen LogP contribution in [0.3, 0.4) is 0 Å². The van der Waals surface area contributed by atoms with Gasteiger partial charge >= 0.3 is 0 Å². The van der Waals surface area contributed by atoms with Crippen LogP contribution in [0.2, 0.25) is 0 Å². The van der Waals surface area contributed by atoms with Crippen LogP contribution < -0.4 is 16.0 Å². The van der Waals surface area contributed by atoms with Gasteiger partial charge in [-0.2, -0.15) is 0 Å². The van der Waals surface area contributed by atoms with Crippen LogP contribution in [0.4, 0.5) is 5.69 Å². The van der Waals surface area contributed by atoms with E-state index in [1.165, 1.54) is 12.7 Å². The van der Waals surface area contributed by atoms with Crippen LogP contribution in [0.15, 0.2) is 47.1 Å². The average molecular weight is 369 g/mol. The highest BCUT2D eigenvalue weighted by Gasteiger charge is 2.16. The van der Waals surface area contributed by atoms with Crippen molar-refractivity contribution in [1.29, 1.82) is 0 Å². The fourth-order valence-electron chi connectivity index (χ4n) is 3.09. The van der Waals surface area contributed by atoms with Gasteiger partial charge in [-0.1, -0.05) is 19.3 Å². The molecule has 27 heavy (non-hydrogen) atoms. The van der Waals surface area contributed by atoms with Crippen molar-refractivity contribution in [2.45, 2.75) is 38.1 Å². The maximum absolute atomic E-state index is 12.2. The second-order valence-corrected chi connectivity index (χ2v) is 6.59. The summed E-state index contributed by atoms with van der Waals surface area (Å²) in [6.07, 6.45) is 6.93. The van der Waals surface area contributed by atoms with Gasteiger partial charge in [0, 0.05) is 17.3 Å². The first-order valence-corrected chi connectivity index (χ1v) is 9.14. The highest BCUT2D eigenvalue weighted by atomic mass is 16.3. The van der Waals surface area contributed by atoms with Gasteiger partial charge in [0.05, 0.1) is 12.8 Å². The molecule has 7 heteroatoms. The number of nitrogens with one attached hydrogen (secondary N) is 3. The predicted octanol–water partition coefficient (Wildman–Crippen LogP) is 2.71. The van der Waals surface area contributed by atoms with Crippen molar-refractivity contribution in [3.63, 3.8) is 0 Å². The molecule has 0 spiro atoms. The molecule has 3 rings (SSSR count). The molecule has 0 atom stereocenters. The number of rotatable bonds is 6. The molecule has 0 radical (unpaired) electrons. The van der Waals surface area contributed by atoms with E-state index in [1.807, 2.05) is 0 Å². The zero-order chi connectivity index (χ0) is 19.1. The molecule has 1 heterocycles. The van der Waals surface area contributed by atoms with Gasteiger partial charge in [-0.25, -0.2) is 0 Å². The van der Waals surface area contributed by atoms with Crippen molar-refractivity contribution in [1.82, 2.24) is 10.6 Å². The van der Waals surface area contributed by atoms with Gasteiger partial charge in [-0.15, -0.1) is 0 Å². The number of benzene rings is 1. The van der Waals surface area contributed by atoms with Gasteiger partial charge in [0.15, 0.2) is 5.76 Å². The van der Waals surface area contributed by atoms with Crippen LogP contribution in [0, 0.1) is 0 Å². The minimum Gasteiger partial charge on any atom is -0.459 e. The Hall–Kier alpha value is -3.09. The number of amides is 3. The molecule has 1 saturated carbocycles. The molecule has 1 aliphatic carbocycles. The molecule has 7 nitrogen and oxygen atoms in total. The zero-order valence-electron chi connectivity index (χ0n) is 15.0. The summed E-state index contributed by atoms with van der Waals surface area (Å²) in [6, 6.07) is 9.84. The van der Waals surface area contributed by atoms with E-state index in [0.29, 0.717) is 11.3 Å². The number of furan rings is 1. The Morgan fingerprint density at radius 1 is 0.963 bits per heavy atom. The SMILES string of the molecule is O=C(CNC(=O)c1ccc(NC(=O)c2ccco2)cc1)NC1CCCCC1. The molecule has 0 aliphatic heterocycles. The average Bonchev–Trinajstić information content (AvgIpc) is 3.22.